The van der Waals surface area contributed by atoms with E-state index in [0.29, 0.717) is 6.42 Å². The molecule has 0 amide bonds. The monoisotopic (exact) mass is 212 g/mol. The molecular formula is C15H16O. The summed E-state index contributed by atoms with van der Waals surface area (Å²) in [6.07, 6.45) is 4.84. The van der Waals surface area contributed by atoms with Crippen LogP contribution < -0.4 is 0 Å². The Bertz CT molecular complexity index is 512. The highest BCUT2D eigenvalue weighted by Gasteiger charge is 2.00. The molecule has 0 bridgehead atoms. The molecule has 1 heteroatoms. The maximum Gasteiger partial charge on any atom is 0.0465 e. The van der Waals surface area contributed by atoms with Gasteiger partial charge in [-0.3, -0.25) is 0 Å². The fraction of sp³-hybridized carbons (Fsp3) is 0.200. The molecule has 0 saturated carbocycles. The number of aliphatic hydroxyl groups is 1. The summed E-state index contributed by atoms with van der Waals surface area (Å²) in [5, 5.41) is 11.3. The number of hydrogen-bond donors (Lipinski definition) is 1. The fourth-order valence-electron chi connectivity index (χ4n) is 1.90. The van der Waals surface area contributed by atoms with E-state index in [1.807, 2.05) is 6.08 Å². The molecule has 0 heterocycles. The van der Waals surface area contributed by atoms with E-state index in [1.54, 1.807) is 0 Å². The van der Waals surface area contributed by atoms with Gasteiger partial charge in [-0.05, 0) is 35.2 Å². The Labute approximate surface area is 96.0 Å². The minimum absolute atomic E-state index is 0.209. The van der Waals surface area contributed by atoms with E-state index >= 15 is 0 Å². The van der Waals surface area contributed by atoms with Crippen molar-refractivity contribution in [2.75, 3.05) is 6.61 Å². The lowest BCUT2D eigenvalue weighted by molar-refractivity contribution is 0.303. The summed E-state index contributed by atoms with van der Waals surface area (Å²) in [7, 11) is 0. The first-order valence-corrected chi connectivity index (χ1v) is 5.58. The highest BCUT2D eigenvalue weighted by molar-refractivity contribution is 5.91. The van der Waals surface area contributed by atoms with Crippen LogP contribution in [0.3, 0.4) is 0 Å². The molecule has 0 unspecified atom stereocenters. The molecule has 0 atom stereocenters. The van der Waals surface area contributed by atoms with Crippen molar-refractivity contribution in [1.29, 1.82) is 0 Å². The van der Waals surface area contributed by atoms with E-state index in [0.717, 1.165) is 0 Å². The van der Waals surface area contributed by atoms with Gasteiger partial charge in [0.15, 0.2) is 0 Å². The van der Waals surface area contributed by atoms with Gasteiger partial charge in [0, 0.05) is 6.61 Å². The number of aliphatic hydroxyl groups excluding tert-OH is 1. The minimum atomic E-state index is 0.209. The molecule has 0 aliphatic carbocycles. The summed E-state index contributed by atoms with van der Waals surface area (Å²) in [6.45, 7) is 2.32. The van der Waals surface area contributed by atoms with Crippen LogP contribution in [0.15, 0.2) is 42.5 Å². The number of aryl methyl sites for hydroxylation is 1. The van der Waals surface area contributed by atoms with E-state index in [-0.39, 0.29) is 6.61 Å². The Morgan fingerprint density at radius 3 is 2.75 bits per heavy atom. The molecule has 0 aliphatic rings. The zero-order chi connectivity index (χ0) is 11.4. The van der Waals surface area contributed by atoms with E-state index in [1.165, 1.54) is 21.9 Å². The third-order valence-corrected chi connectivity index (χ3v) is 2.77. The molecule has 2 aromatic carbocycles. The van der Waals surface area contributed by atoms with Gasteiger partial charge in [0.1, 0.15) is 0 Å². The third kappa shape index (κ3) is 2.15. The smallest absolute Gasteiger partial charge is 0.0465 e. The van der Waals surface area contributed by atoms with Crippen LogP contribution in [0, 0.1) is 6.92 Å². The van der Waals surface area contributed by atoms with E-state index < -0.39 is 0 Å². The lowest BCUT2D eigenvalue weighted by atomic mass is 9.99. The van der Waals surface area contributed by atoms with Gasteiger partial charge in [0.05, 0.1) is 0 Å². The topological polar surface area (TPSA) is 20.2 Å². The van der Waals surface area contributed by atoms with Crippen LogP contribution in [0.1, 0.15) is 17.5 Å². The first-order chi connectivity index (χ1) is 7.83. The highest BCUT2D eigenvalue weighted by Crippen LogP contribution is 2.23. The van der Waals surface area contributed by atoms with Crippen molar-refractivity contribution in [3.05, 3.63) is 53.6 Å². The average Bonchev–Trinajstić information content (AvgIpc) is 2.32. The van der Waals surface area contributed by atoms with Crippen molar-refractivity contribution >= 4 is 16.8 Å². The number of hydrogen-bond acceptors (Lipinski definition) is 1. The van der Waals surface area contributed by atoms with E-state index in [9.17, 15) is 0 Å². The van der Waals surface area contributed by atoms with Gasteiger partial charge in [-0.2, -0.15) is 0 Å². The molecular weight excluding hydrogens is 196 g/mol. The summed E-state index contributed by atoms with van der Waals surface area (Å²) in [5.74, 6) is 0. The van der Waals surface area contributed by atoms with Crippen molar-refractivity contribution in [3.63, 3.8) is 0 Å². The van der Waals surface area contributed by atoms with Gasteiger partial charge in [-0.1, -0.05) is 48.6 Å². The number of rotatable bonds is 3. The Kier molecular flexibility index (Phi) is 3.37. The van der Waals surface area contributed by atoms with Crippen LogP contribution in [0.5, 0.6) is 0 Å². The SMILES string of the molecule is Cc1ccc2ccccc2c1C=CCCO. The molecule has 1 N–H and O–H groups in total. The first kappa shape index (κ1) is 10.9. The Morgan fingerprint density at radius 1 is 1.12 bits per heavy atom. The Hall–Kier alpha value is -1.60. The minimum Gasteiger partial charge on any atom is -0.396 e. The summed E-state index contributed by atoms with van der Waals surface area (Å²) in [4.78, 5) is 0. The zero-order valence-electron chi connectivity index (χ0n) is 9.48. The molecule has 16 heavy (non-hydrogen) atoms. The maximum absolute atomic E-state index is 8.78. The van der Waals surface area contributed by atoms with Gasteiger partial charge in [-0.25, -0.2) is 0 Å². The van der Waals surface area contributed by atoms with Gasteiger partial charge in [0.2, 0.25) is 0 Å². The van der Waals surface area contributed by atoms with Crippen molar-refractivity contribution < 1.29 is 5.11 Å². The van der Waals surface area contributed by atoms with Crippen molar-refractivity contribution in [2.24, 2.45) is 0 Å². The second-order valence-electron chi connectivity index (χ2n) is 3.93. The van der Waals surface area contributed by atoms with Crippen LogP contribution in [0.2, 0.25) is 0 Å². The molecule has 0 fully saturated rings. The van der Waals surface area contributed by atoms with Gasteiger partial charge >= 0.3 is 0 Å². The molecule has 0 aliphatic heterocycles. The molecule has 2 rings (SSSR count). The summed E-state index contributed by atoms with van der Waals surface area (Å²) >= 11 is 0. The molecule has 0 aromatic heterocycles. The van der Waals surface area contributed by atoms with Crippen LogP contribution in [-0.4, -0.2) is 11.7 Å². The van der Waals surface area contributed by atoms with Gasteiger partial charge in [0.25, 0.3) is 0 Å². The second kappa shape index (κ2) is 4.95. The van der Waals surface area contributed by atoms with Crippen molar-refractivity contribution in [1.82, 2.24) is 0 Å². The molecule has 0 radical (unpaired) electrons. The van der Waals surface area contributed by atoms with E-state index in [4.69, 9.17) is 5.11 Å². The predicted molar refractivity (Wildman–Crippen MR) is 69.4 cm³/mol. The van der Waals surface area contributed by atoms with Crippen LogP contribution in [0.4, 0.5) is 0 Å². The first-order valence-electron chi connectivity index (χ1n) is 5.58. The standard InChI is InChI=1S/C15H16O/c1-12-9-10-13-6-2-3-8-15(13)14(12)7-4-5-11-16/h2-4,6-10,16H,5,11H2,1H3. The summed E-state index contributed by atoms with van der Waals surface area (Å²) < 4.78 is 0. The van der Waals surface area contributed by atoms with Crippen molar-refractivity contribution in [2.45, 2.75) is 13.3 Å². The molecule has 0 saturated heterocycles. The van der Waals surface area contributed by atoms with Gasteiger partial charge in [-0.15, -0.1) is 0 Å². The number of benzene rings is 2. The molecule has 2 aromatic rings. The summed E-state index contributed by atoms with van der Waals surface area (Å²) in [5.41, 5.74) is 2.53. The predicted octanol–water partition coefficient (Wildman–Crippen LogP) is 3.54. The Morgan fingerprint density at radius 2 is 1.94 bits per heavy atom. The third-order valence-electron chi connectivity index (χ3n) is 2.77. The van der Waals surface area contributed by atoms with E-state index in [2.05, 4.69) is 49.4 Å². The largest absolute Gasteiger partial charge is 0.396 e. The lowest BCUT2D eigenvalue weighted by Crippen LogP contribution is -1.84. The lowest BCUT2D eigenvalue weighted by Gasteiger charge is -2.06. The summed E-state index contributed by atoms with van der Waals surface area (Å²) in [6, 6.07) is 12.7. The normalized spacial score (nSPS) is 11.4. The van der Waals surface area contributed by atoms with Crippen molar-refractivity contribution in [3.8, 4) is 0 Å². The molecule has 82 valence electrons. The van der Waals surface area contributed by atoms with Gasteiger partial charge < -0.3 is 5.11 Å². The quantitative estimate of drug-likeness (QED) is 0.825. The zero-order valence-corrected chi connectivity index (χ0v) is 9.48. The molecule has 1 nitrogen and oxygen atoms in total. The van der Waals surface area contributed by atoms with Crippen LogP contribution in [0.25, 0.3) is 16.8 Å². The second-order valence-corrected chi connectivity index (χ2v) is 3.93. The Balaban J connectivity index is 2.52. The van der Waals surface area contributed by atoms with Crippen LogP contribution in [-0.2, 0) is 0 Å². The maximum atomic E-state index is 8.78. The number of fused-ring (bicyclic) bond motifs is 1. The van der Waals surface area contributed by atoms with Crippen LogP contribution >= 0.6 is 0 Å². The highest BCUT2D eigenvalue weighted by atomic mass is 16.2. The average molecular weight is 212 g/mol. The molecule has 0 spiro atoms. The fourth-order valence-corrected chi connectivity index (χ4v) is 1.90.